The minimum atomic E-state index is 0.657. The van der Waals surface area contributed by atoms with Crippen LogP contribution in [0.15, 0.2) is 53.3 Å². The van der Waals surface area contributed by atoms with E-state index in [4.69, 9.17) is 6.57 Å². The molecule has 2 heterocycles. The molecule has 4 aromatic rings. The van der Waals surface area contributed by atoms with Crippen LogP contribution in [0, 0.1) is 6.57 Å². The molecule has 0 atom stereocenters. The molecule has 0 unspecified atom stereocenters. The number of nitrogens with zero attached hydrogens (tertiary/aromatic N) is 1. The minimum absolute atomic E-state index is 0.657. The maximum atomic E-state index is 7.18. The maximum absolute atomic E-state index is 7.18. The van der Waals surface area contributed by atoms with Crippen LogP contribution in [0.25, 0.3) is 37.8 Å². The van der Waals surface area contributed by atoms with Crippen LogP contribution in [-0.4, -0.2) is 9.97 Å². The van der Waals surface area contributed by atoms with E-state index in [1.54, 1.807) is 0 Å². The first kappa shape index (κ1) is 12.2. The first-order valence-corrected chi connectivity index (χ1v) is 7.31. The summed E-state index contributed by atoms with van der Waals surface area (Å²) in [4.78, 5) is 10.1. The van der Waals surface area contributed by atoms with Crippen LogP contribution in [-0.2, 0) is 0 Å². The van der Waals surface area contributed by atoms with Crippen molar-refractivity contribution in [3.05, 3.63) is 64.7 Å². The predicted molar refractivity (Wildman–Crippen MR) is 89.6 cm³/mol. The number of nitrogens with one attached hydrogen (secondary N) is 2. The van der Waals surface area contributed by atoms with Gasteiger partial charge in [0.05, 0.1) is 6.57 Å². The van der Waals surface area contributed by atoms with Crippen LogP contribution >= 0.6 is 15.9 Å². The second-order valence-electron chi connectivity index (χ2n) is 4.94. The van der Waals surface area contributed by atoms with E-state index in [2.05, 4.69) is 42.9 Å². The lowest BCUT2D eigenvalue weighted by Gasteiger charge is -1.99. The van der Waals surface area contributed by atoms with Gasteiger partial charge in [-0.2, -0.15) is 0 Å². The van der Waals surface area contributed by atoms with E-state index in [-0.39, 0.29) is 0 Å². The highest BCUT2D eigenvalue weighted by Crippen LogP contribution is 2.36. The van der Waals surface area contributed by atoms with Gasteiger partial charge in [-0.3, -0.25) is 0 Å². The SMILES string of the molecule is [C-]#[N+]c1ccc2[nH]cc(-c3c[nH]c4ccc(Br)cc34)c2c1. The Bertz CT molecular complexity index is 1020. The molecular weight excluding hydrogens is 326 g/mol. The Morgan fingerprint density at radius 3 is 2.14 bits per heavy atom. The molecule has 0 aliphatic heterocycles. The van der Waals surface area contributed by atoms with E-state index >= 15 is 0 Å². The summed E-state index contributed by atoms with van der Waals surface area (Å²) in [6.07, 6.45) is 4.02. The van der Waals surface area contributed by atoms with Crippen molar-refractivity contribution in [2.45, 2.75) is 0 Å². The van der Waals surface area contributed by atoms with E-state index in [0.717, 1.165) is 32.0 Å². The van der Waals surface area contributed by atoms with Crippen LogP contribution in [0.1, 0.15) is 0 Å². The van der Waals surface area contributed by atoms with E-state index in [1.807, 2.05) is 36.7 Å². The number of halogens is 1. The highest BCUT2D eigenvalue weighted by atomic mass is 79.9. The van der Waals surface area contributed by atoms with Gasteiger partial charge in [0.25, 0.3) is 0 Å². The van der Waals surface area contributed by atoms with Gasteiger partial charge in [0, 0.05) is 44.4 Å². The summed E-state index contributed by atoms with van der Waals surface area (Å²) < 4.78 is 1.05. The summed E-state index contributed by atoms with van der Waals surface area (Å²) in [6, 6.07) is 11.9. The van der Waals surface area contributed by atoms with Gasteiger partial charge in [-0.15, -0.1) is 0 Å². The Kier molecular flexibility index (Phi) is 2.63. The summed E-state index contributed by atoms with van der Waals surface area (Å²) >= 11 is 3.53. The molecule has 0 fully saturated rings. The number of benzene rings is 2. The number of hydrogen-bond donors (Lipinski definition) is 2. The largest absolute Gasteiger partial charge is 0.361 e. The predicted octanol–water partition coefficient (Wildman–Crippen LogP) is 5.63. The van der Waals surface area contributed by atoms with Gasteiger partial charge in [-0.05, 0) is 35.7 Å². The van der Waals surface area contributed by atoms with Gasteiger partial charge in [0.15, 0.2) is 5.69 Å². The first-order valence-electron chi connectivity index (χ1n) is 6.52. The standard InChI is InChI=1S/C17H10BrN3/c1-19-11-3-5-17-13(7-11)15(9-21-17)14-8-20-16-4-2-10(18)6-12(14)16/h2-9,20-21H. The van der Waals surface area contributed by atoms with Gasteiger partial charge < -0.3 is 9.97 Å². The molecule has 21 heavy (non-hydrogen) atoms. The molecule has 0 radical (unpaired) electrons. The Balaban J connectivity index is 2.04. The van der Waals surface area contributed by atoms with Crippen molar-refractivity contribution in [2.24, 2.45) is 0 Å². The molecule has 2 N–H and O–H groups in total. The topological polar surface area (TPSA) is 35.9 Å². The fraction of sp³-hybridized carbons (Fsp3) is 0. The smallest absolute Gasteiger partial charge is 0.188 e. The van der Waals surface area contributed by atoms with Gasteiger partial charge in [0.2, 0.25) is 0 Å². The lowest BCUT2D eigenvalue weighted by atomic mass is 10.0. The normalized spacial score (nSPS) is 11.0. The molecule has 100 valence electrons. The van der Waals surface area contributed by atoms with Crippen molar-refractivity contribution in [3.63, 3.8) is 0 Å². The number of rotatable bonds is 1. The number of aromatic nitrogens is 2. The fourth-order valence-corrected chi connectivity index (χ4v) is 3.08. The Labute approximate surface area is 129 Å². The quantitative estimate of drug-likeness (QED) is 0.423. The van der Waals surface area contributed by atoms with E-state index in [1.165, 1.54) is 5.39 Å². The third kappa shape index (κ3) is 1.86. The zero-order valence-corrected chi connectivity index (χ0v) is 12.5. The summed E-state index contributed by atoms with van der Waals surface area (Å²) in [5.41, 5.74) is 5.05. The van der Waals surface area contributed by atoms with E-state index < -0.39 is 0 Å². The number of hydrogen-bond acceptors (Lipinski definition) is 0. The summed E-state index contributed by atoms with van der Waals surface area (Å²) in [5.74, 6) is 0. The van der Waals surface area contributed by atoms with E-state index in [9.17, 15) is 0 Å². The number of fused-ring (bicyclic) bond motifs is 2. The molecule has 3 nitrogen and oxygen atoms in total. The highest BCUT2D eigenvalue weighted by Gasteiger charge is 2.11. The maximum Gasteiger partial charge on any atom is 0.188 e. The van der Waals surface area contributed by atoms with Gasteiger partial charge in [0.1, 0.15) is 0 Å². The molecule has 4 heteroatoms. The van der Waals surface area contributed by atoms with Crippen molar-refractivity contribution in [3.8, 4) is 11.1 Å². The van der Waals surface area contributed by atoms with Crippen molar-refractivity contribution in [1.29, 1.82) is 0 Å². The minimum Gasteiger partial charge on any atom is -0.361 e. The van der Waals surface area contributed by atoms with Crippen LogP contribution in [0.2, 0.25) is 0 Å². The Hall–Kier alpha value is -2.51. The number of H-pyrrole nitrogens is 2. The average Bonchev–Trinajstić information content (AvgIpc) is 3.09. The molecule has 0 bridgehead atoms. The van der Waals surface area contributed by atoms with Crippen LogP contribution < -0.4 is 0 Å². The molecule has 0 saturated carbocycles. The Morgan fingerprint density at radius 2 is 1.48 bits per heavy atom. The van der Waals surface area contributed by atoms with Gasteiger partial charge in [-0.1, -0.05) is 22.0 Å². The van der Waals surface area contributed by atoms with Crippen LogP contribution in [0.5, 0.6) is 0 Å². The van der Waals surface area contributed by atoms with Crippen LogP contribution in [0.3, 0.4) is 0 Å². The molecular formula is C17H10BrN3. The molecule has 0 aliphatic carbocycles. The number of aromatic amines is 2. The monoisotopic (exact) mass is 335 g/mol. The zero-order valence-electron chi connectivity index (χ0n) is 10.9. The van der Waals surface area contributed by atoms with E-state index in [0.29, 0.717) is 5.69 Å². The third-order valence-corrected chi connectivity index (χ3v) is 4.22. The molecule has 2 aromatic heterocycles. The van der Waals surface area contributed by atoms with Gasteiger partial charge >= 0.3 is 0 Å². The molecule has 2 aromatic carbocycles. The highest BCUT2D eigenvalue weighted by molar-refractivity contribution is 9.10. The summed E-state index contributed by atoms with van der Waals surface area (Å²) in [6.45, 7) is 7.18. The zero-order chi connectivity index (χ0) is 14.4. The van der Waals surface area contributed by atoms with Crippen molar-refractivity contribution in [2.75, 3.05) is 0 Å². The molecule has 0 saturated heterocycles. The van der Waals surface area contributed by atoms with Crippen LogP contribution in [0.4, 0.5) is 5.69 Å². The molecule has 0 amide bonds. The lowest BCUT2D eigenvalue weighted by molar-refractivity contribution is 1.46. The molecule has 0 aliphatic rings. The molecule has 4 rings (SSSR count). The third-order valence-electron chi connectivity index (χ3n) is 3.73. The van der Waals surface area contributed by atoms with Crippen molar-refractivity contribution in [1.82, 2.24) is 9.97 Å². The second-order valence-corrected chi connectivity index (χ2v) is 5.85. The Morgan fingerprint density at radius 1 is 0.857 bits per heavy atom. The fourth-order valence-electron chi connectivity index (χ4n) is 2.72. The molecule has 0 spiro atoms. The second kappa shape index (κ2) is 4.51. The van der Waals surface area contributed by atoms with Crippen molar-refractivity contribution >= 4 is 43.4 Å². The lowest BCUT2D eigenvalue weighted by Crippen LogP contribution is -1.74. The van der Waals surface area contributed by atoms with Gasteiger partial charge in [-0.25, -0.2) is 4.85 Å². The average molecular weight is 336 g/mol. The van der Waals surface area contributed by atoms with Crippen molar-refractivity contribution < 1.29 is 0 Å². The summed E-state index contributed by atoms with van der Waals surface area (Å²) in [5, 5.41) is 2.24. The first-order chi connectivity index (χ1) is 10.3. The summed E-state index contributed by atoms with van der Waals surface area (Å²) in [7, 11) is 0.